The molecule has 12 heterocycles. The Morgan fingerprint density at radius 2 is 0.689 bits per heavy atom. The van der Waals surface area contributed by atoms with Gasteiger partial charge in [-0.3, -0.25) is 37.9 Å². The largest absolute Gasteiger partial charge is 0.481 e. The molecule has 4 aromatic carbocycles. The Morgan fingerprint density at radius 3 is 1.00 bits per heavy atom. The van der Waals surface area contributed by atoms with Crippen molar-refractivity contribution in [3.05, 3.63) is 232 Å². The first-order valence-corrected chi connectivity index (χ1v) is 41.2. The Kier molecular flexibility index (Phi) is 28.6. The molecule has 620 valence electrons. The Labute approximate surface area is 697 Å². The van der Waals surface area contributed by atoms with Gasteiger partial charge in [-0.15, -0.1) is 0 Å². The van der Waals surface area contributed by atoms with E-state index < -0.39 is 34.9 Å². The van der Waals surface area contributed by atoms with Gasteiger partial charge in [0.2, 0.25) is 0 Å². The van der Waals surface area contributed by atoms with Crippen molar-refractivity contribution in [1.29, 1.82) is 10.5 Å². The Balaban J connectivity index is 0.000000145. The molecular weight excluding hydrogens is 1620 g/mol. The van der Waals surface area contributed by atoms with E-state index in [4.69, 9.17) is 41.9 Å². The van der Waals surface area contributed by atoms with Crippen LogP contribution in [-0.4, -0.2) is 115 Å². The third-order valence-corrected chi connectivity index (χ3v) is 24.7. The van der Waals surface area contributed by atoms with Crippen LogP contribution in [-0.2, 0) is 51.9 Å². The third-order valence-electron chi connectivity index (χ3n) is 20.3. The number of halogens is 7. The summed E-state index contributed by atoms with van der Waals surface area (Å²) in [5.74, 6) is -6.07. The molecule has 119 heavy (non-hydrogen) atoms. The van der Waals surface area contributed by atoms with Crippen LogP contribution < -0.4 is 41.9 Å². The van der Waals surface area contributed by atoms with Crippen LogP contribution in [0.3, 0.4) is 0 Å². The maximum atomic E-state index is 13.7. The first kappa shape index (κ1) is 87.1. The smallest absolute Gasteiger partial charge is 0.184 e. The minimum atomic E-state index is -0.918. The molecule has 8 aromatic heterocycles. The molecule has 0 bridgehead atoms. The Morgan fingerprint density at radius 1 is 0.395 bits per heavy atom. The predicted molar refractivity (Wildman–Crippen MR) is 441 cm³/mol. The van der Waals surface area contributed by atoms with Gasteiger partial charge in [-0.25, -0.2) is 30.7 Å². The van der Waals surface area contributed by atoms with Crippen LogP contribution >= 0.6 is 45.3 Å². The normalized spacial score (nSPS) is 13.6. The zero-order chi connectivity index (χ0) is 83.6. The molecule has 0 radical (unpaired) electrons. The van der Waals surface area contributed by atoms with Crippen LogP contribution in [0.5, 0.6) is 20.3 Å². The molecule has 0 aliphatic carbocycles. The van der Waals surface area contributed by atoms with Crippen LogP contribution in [0.1, 0.15) is 122 Å². The van der Waals surface area contributed by atoms with Crippen molar-refractivity contribution in [3.8, 4) is 77.4 Å². The van der Waals surface area contributed by atoms with Crippen molar-refractivity contribution in [2.24, 2.45) is 46.6 Å². The summed E-state index contributed by atoms with van der Waals surface area (Å²) in [5.41, 5.74) is 36.2. The molecule has 0 fully saturated rings. The summed E-state index contributed by atoms with van der Waals surface area (Å²) >= 11 is 5.17. The molecule has 4 atom stereocenters. The molecule has 4 aliphatic heterocycles. The SMILES string of the molecule is C.Cc1cc(F)cc(C[C@@H](CN)CC(=O)c2cc3c(s2)OCCn2ncc(C#N)c2-3)c1.Cc1cnn2c1-c1cc(C(=O)C[C@H](CN)Cc3cc(F)cc(F)c3)sc1OCC2.Cc1cnn2c1-c1cc(C(=O)C[C@H](CN)Cc3ccc(F)c(F)c3)sc1OCC2.N#Cc1cnn2c1-c1cc(C(=O)C[C@H](CN)Cc3ccc(F)c(F)c3)sc1OCC2. The van der Waals surface area contributed by atoms with Crippen molar-refractivity contribution >= 4 is 68.5 Å². The van der Waals surface area contributed by atoms with Gasteiger partial charge >= 0.3 is 0 Å². The Hall–Kier alpha value is -11.3. The van der Waals surface area contributed by atoms with E-state index in [1.807, 2.05) is 60.7 Å². The van der Waals surface area contributed by atoms with Crippen molar-refractivity contribution in [3.63, 3.8) is 0 Å². The zero-order valence-electron chi connectivity index (χ0n) is 64.3. The Bertz CT molecular complexity index is 5770. The first-order valence-electron chi connectivity index (χ1n) is 37.9. The summed E-state index contributed by atoms with van der Waals surface area (Å²) in [6.07, 6.45) is 9.18. The highest BCUT2D eigenvalue weighted by Gasteiger charge is 2.32. The number of hydrogen-bond donors (Lipinski definition) is 4. The lowest BCUT2D eigenvalue weighted by molar-refractivity contribution is 0.0958. The lowest BCUT2D eigenvalue weighted by Crippen LogP contribution is -2.20. The van der Waals surface area contributed by atoms with Crippen molar-refractivity contribution in [2.45, 2.75) is 106 Å². The molecule has 4 aliphatic rings. The minimum Gasteiger partial charge on any atom is -0.481 e. The van der Waals surface area contributed by atoms with Gasteiger partial charge in [0.15, 0.2) is 66.7 Å². The van der Waals surface area contributed by atoms with Gasteiger partial charge in [0.25, 0.3) is 0 Å². The summed E-state index contributed by atoms with van der Waals surface area (Å²) in [7, 11) is 0. The summed E-state index contributed by atoms with van der Waals surface area (Å²) in [5, 5.41) is 38.6. The van der Waals surface area contributed by atoms with E-state index in [2.05, 4.69) is 32.5 Å². The van der Waals surface area contributed by atoms with Gasteiger partial charge in [-0.05, 0) is 208 Å². The predicted octanol–water partition coefficient (Wildman–Crippen LogP) is 15.9. The van der Waals surface area contributed by atoms with E-state index in [0.29, 0.717) is 164 Å². The molecule has 33 heteroatoms. The number of ketones is 4. The molecular formula is C86H85F7N14O8S4. The van der Waals surface area contributed by atoms with Crippen LogP contribution in [0.25, 0.3) is 45.0 Å². The first-order chi connectivity index (χ1) is 56.9. The highest BCUT2D eigenvalue weighted by atomic mass is 32.1. The molecule has 22 nitrogen and oxygen atoms in total. The van der Waals surface area contributed by atoms with Crippen LogP contribution in [0.2, 0.25) is 0 Å². The summed E-state index contributed by atoms with van der Waals surface area (Å²) in [4.78, 5) is 54.0. The van der Waals surface area contributed by atoms with Crippen LogP contribution in [0, 0.1) is 108 Å². The zero-order valence-corrected chi connectivity index (χ0v) is 67.6. The number of thiophene rings is 4. The maximum Gasteiger partial charge on any atom is 0.184 e. The van der Waals surface area contributed by atoms with E-state index in [0.717, 1.165) is 85.7 Å². The number of carbonyl (C=O) groups excluding carboxylic acids is 4. The maximum absolute atomic E-state index is 13.7. The highest BCUT2D eigenvalue weighted by Crippen LogP contribution is 2.46. The van der Waals surface area contributed by atoms with Crippen molar-refractivity contribution in [1.82, 2.24) is 39.1 Å². The summed E-state index contributed by atoms with van der Waals surface area (Å²) in [6.45, 7) is 11.1. The highest BCUT2D eigenvalue weighted by molar-refractivity contribution is 7.17. The molecule has 0 saturated heterocycles. The fourth-order valence-electron chi connectivity index (χ4n) is 14.6. The fraction of sp³-hybridized carbons (Fsp3) is 0.326. The lowest BCUT2D eigenvalue weighted by Gasteiger charge is -2.14. The number of ether oxygens (including phenoxy) is 4. The summed E-state index contributed by atoms with van der Waals surface area (Å²) < 4.78 is 124. The van der Waals surface area contributed by atoms with Gasteiger partial charge in [0.05, 0.1) is 127 Å². The lowest BCUT2D eigenvalue weighted by atomic mass is 9.93. The van der Waals surface area contributed by atoms with Gasteiger partial charge in [-0.1, -0.05) is 71.0 Å². The molecule has 8 N–H and O–H groups in total. The number of nitrogens with two attached hydrogens (primary N) is 4. The van der Waals surface area contributed by atoms with Gasteiger partial charge < -0.3 is 41.9 Å². The second kappa shape index (κ2) is 39.1. The number of Topliss-reactive ketones (excluding diaryl/α,β-unsaturated/α-hetero) is 4. The number of hydrogen-bond acceptors (Lipinski definition) is 22. The van der Waals surface area contributed by atoms with E-state index in [9.17, 15) is 60.4 Å². The van der Waals surface area contributed by atoms with Crippen molar-refractivity contribution < 1.29 is 68.9 Å². The second-order valence-electron chi connectivity index (χ2n) is 29.1. The van der Waals surface area contributed by atoms with Crippen LogP contribution in [0.15, 0.2) is 122 Å². The average Bonchev–Trinajstić information content (AvgIpc) is 1.64. The number of aromatic nitrogens is 8. The van der Waals surface area contributed by atoms with E-state index in [1.165, 1.54) is 94.1 Å². The van der Waals surface area contributed by atoms with Gasteiger partial charge in [-0.2, -0.15) is 30.9 Å². The molecule has 0 spiro atoms. The molecule has 0 unspecified atom stereocenters. The monoisotopic (exact) mass is 1700 g/mol. The number of fused-ring (bicyclic) bond motifs is 12. The number of benzene rings is 4. The fourth-order valence-corrected chi connectivity index (χ4v) is 18.5. The van der Waals surface area contributed by atoms with E-state index >= 15 is 0 Å². The standard InChI is InChI=1S/C22H21FN4O2S.C21H18F2N4O2S.2C21H21F2N3O2S.CH4/c1-13-4-14(7-17(23)5-13)6-15(10-24)8-19(28)20-9-18-21-16(11-25)12-26-27(21)2-3-29-22(18)30-20;22-16-2-1-12(6-17(16)23)5-13(9-24)7-18(28)19-8-15-20-14(10-25)11-26-27(20)3-4-29-21(15)30-19;1-12-11-25-26-2-3-28-21-17(20(12)26)9-19(29-21)18(27)7-14(10-24)4-13-5-15(22)8-16(23)6-13;1-12-11-25-26-4-5-28-21-15(20(12)26)9-19(29-21)18(27)8-14(10-24)6-13-2-3-16(22)17(23)7-13;/h4-5,7,9,12,15H,2-3,6,8,10,24H2,1H3;1-2,6,8,11,13H,3-5,7,9,24H2;5-6,8-9,11,14H,2-4,7,10,24H2,1H3;2-3,7,9,11,14H,4-6,8,10,24H2,1H3;1H4/t15-;13-;2*14-;/m1111./s1. The summed E-state index contributed by atoms with van der Waals surface area (Å²) in [6, 6.07) is 27.3. The number of carbonyl (C=O) groups is 4. The van der Waals surface area contributed by atoms with E-state index in [1.54, 1.807) is 21.5 Å². The molecule has 0 amide bonds. The number of nitriles is 2. The van der Waals surface area contributed by atoms with Crippen LogP contribution in [0.4, 0.5) is 30.7 Å². The van der Waals surface area contributed by atoms with Crippen molar-refractivity contribution in [2.75, 3.05) is 52.6 Å². The topological polar surface area (TPSA) is 328 Å². The number of rotatable bonds is 24. The molecule has 16 rings (SSSR count). The average molecular weight is 1700 g/mol. The number of nitrogens with zero attached hydrogens (tertiary/aromatic N) is 10. The van der Waals surface area contributed by atoms with Gasteiger partial charge in [0.1, 0.15) is 56.0 Å². The molecule has 12 aromatic rings. The quantitative estimate of drug-likeness (QED) is 0.0322. The van der Waals surface area contributed by atoms with E-state index in [-0.39, 0.29) is 105 Å². The molecule has 0 saturated carbocycles. The number of aryl methyl sites for hydroxylation is 3. The second-order valence-corrected chi connectivity index (χ2v) is 33.1. The third kappa shape index (κ3) is 20.5. The minimum absolute atomic E-state index is 0. The van der Waals surface area contributed by atoms with Gasteiger partial charge in [0, 0.05) is 31.7 Å².